The van der Waals surface area contributed by atoms with Crippen molar-refractivity contribution in [1.82, 2.24) is 10.2 Å². The molecular formula is C16H23N3O4S2. The van der Waals surface area contributed by atoms with Crippen molar-refractivity contribution >= 4 is 39.4 Å². The van der Waals surface area contributed by atoms with E-state index in [0.717, 1.165) is 12.8 Å². The molecule has 0 saturated carbocycles. The van der Waals surface area contributed by atoms with E-state index in [9.17, 15) is 13.2 Å². The molecule has 0 saturated heterocycles. The maximum atomic E-state index is 12.9. The van der Waals surface area contributed by atoms with Crippen LogP contribution in [0.15, 0.2) is 22.6 Å². The van der Waals surface area contributed by atoms with Crippen molar-refractivity contribution < 1.29 is 17.9 Å². The van der Waals surface area contributed by atoms with Crippen molar-refractivity contribution in [2.75, 3.05) is 20.7 Å². The van der Waals surface area contributed by atoms with E-state index in [4.69, 9.17) is 17.0 Å². The summed E-state index contributed by atoms with van der Waals surface area (Å²) in [5.41, 5.74) is 0.791. The fourth-order valence-corrected chi connectivity index (χ4v) is 2.75. The van der Waals surface area contributed by atoms with Crippen LogP contribution in [0.25, 0.3) is 0 Å². The molecule has 1 amide bonds. The second-order valence-corrected chi connectivity index (χ2v) is 6.36. The SMILES string of the molecule is CCCCN(C(=O)C(C)c1ccc(OC)c(N=S(=O)=O)c1)C(=S)NC. The van der Waals surface area contributed by atoms with Crippen LogP contribution in [0.4, 0.5) is 5.69 Å². The molecule has 0 aliphatic carbocycles. The van der Waals surface area contributed by atoms with Gasteiger partial charge in [-0.3, -0.25) is 9.69 Å². The molecule has 0 fully saturated rings. The van der Waals surface area contributed by atoms with Gasteiger partial charge in [0.15, 0.2) is 5.11 Å². The molecule has 0 spiro atoms. The molecule has 1 atom stereocenters. The number of amides is 1. The lowest BCUT2D eigenvalue weighted by molar-refractivity contribution is -0.128. The third-order valence-corrected chi connectivity index (χ3v) is 4.48. The lowest BCUT2D eigenvalue weighted by Gasteiger charge is -2.26. The lowest BCUT2D eigenvalue weighted by Crippen LogP contribution is -2.44. The van der Waals surface area contributed by atoms with Crippen LogP contribution < -0.4 is 10.1 Å². The number of unbranched alkanes of at least 4 members (excludes halogenated alkanes) is 1. The first kappa shape index (κ1) is 21.0. The van der Waals surface area contributed by atoms with Gasteiger partial charge >= 0.3 is 10.5 Å². The summed E-state index contributed by atoms with van der Waals surface area (Å²) in [6, 6.07) is 4.85. The van der Waals surface area contributed by atoms with Crippen molar-refractivity contribution in [2.45, 2.75) is 32.6 Å². The molecule has 0 aliphatic heterocycles. The van der Waals surface area contributed by atoms with Gasteiger partial charge in [-0.05, 0) is 43.3 Å². The first-order valence-electron chi connectivity index (χ1n) is 7.87. The Hall–Kier alpha value is -2.00. The summed E-state index contributed by atoms with van der Waals surface area (Å²) in [5, 5.41) is 3.20. The Kier molecular flexibility index (Phi) is 8.50. The first-order valence-corrected chi connectivity index (χ1v) is 9.31. The van der Waals surface area contributed by atoms with E-state index in [-0.39, 0.29) is 11.6 Å². The topological polar surface area (TPSA) is 88.1 Å². The number of methoxy groups -OCH3 is 1. The first-order chi connectivity index (χ1) is 11.8. The molecule has 138 valence electrons. The second kappa shape index (κ2) is 10.1. The highest BCUT2D eigenvalue weighted by Gasteiger charge is 2.25. The van der Waals surface area contributed by atoms with Gasteiger partial charge in [0, 0.05) is 13.6 Å². The average Bonchev–Trinajstić information content (AvgIpc) is 2.60. The van der Waals surface area contributed by atoms with Gasteiger partial charge in [0.05, 0.1) is 13.0 Å². The van der Waals surface area contributed by atoms with E-state index in [0.29, 0.717) is 23.0 Å². The normalized spacial score (nSPS) is 11.4. The van der Waals surface area contributed by atoms with Crippen LogP contribution in [-0.4, -0.2) is 45.0 Å². The molecule has 0 bridgehead atoms. The largest absolute Gasteiger partial charge is 0.494 e. The smallest absolute Gasteiger partial charge is 0.316 e. The van der Waals surface area contributed by atoms with Gasteiger partial charge in [-0.2, -0.15) is 8.42 Å². The van der Waals surface area contributed by atoms with Crippen molar-refractivity contribution in [3.8, 4) is 5.75 Å². The Morgan fingerprint density at radius 1 is 1.44 bits per heavy atom. The summed E-state index contributed by atoms with van der Waals surface area (Å²) in [6.07, 6.45) is 1.77. The predicted molar refractivity (Wildman–Crippen MR) is 101 cm³/mol. The summed E-state index contributed by atoms with van der Waals surface area (Å²) >= 11 is 5.23. The van der Waals surface area contributed by atoms with Gasteiger partial charge in [0.25, 0.3) is 0 Å². The molecule has 1 rings (SSSR count). The highest BCUT2D eigenvalue weighted by molar-refractivity contribution is 7.80. The van der Waals surface area contributed by atoms with Gasteiger partial charge < -0.3 is 10.1 Å². The number of thiocarbonyl (C=S) groups is 1. The predicted octanol–water partition coefficient (Wildman–Crippen LogP) is 2.63. The van der Waals surface area contributed by atoms with Crippen LogP contribution in [0.3, 0.4) is 0 Å². The molecule has 1 aromatic carbocycles. The average molecular weight is 386 g/mol. The Balaban J connectivity index is 3.19. The zero-order valence-corrected chi connectivity index (χ0v) is 16.4. The molecular weight excluding hydrogens is 362 g/mol. The number of nitrogens with one attached hydrogen (secondary N) is 1. The minimum Gasteiger partial charge on any atom is -0.494 e. The van der Waals surface area contributed by atoms with Crippen LogP contribution in [0, 0.1) is 0 Å². The van der Waals surface area contributed by atoms with Crippen molar-refractivity contribution in [3.05, 3.63) is 23.8 Å². The fraction of sp³-hybridized carbons (Fsp3) is 0.500. The quantitative estimate of drug-likeness (QED) is 0.726. The maximum Gasteiger partial charge on any atom is 0.316 e. The van der Waals surface area contributed by atoms with Crippen LogP contribution in [0.1, 0.15) is 38.2 Å². The number of hydrogen-bond acceptors (Lipinski definition) is 6. The molecule has 0 aliphatic rings. The highest BCUT2D eigenvalue weighted by Crippen LogP contribution is 2.31. The zero-order chi connectivity index (χ0) is 19.0. The Labute approximate surface area is 155 Å². The number of nitrogens with zero attached hydrogens (tertiary/aromatic N) is 2. The minimum absolute atomic E-state index is 0.157. The molecule has 25 heavy (non-hydrogen) atoms. The highest BCUT2D eigenvalue weighted by atomic mass is 32.2. The third kappa shape index (κ3) is 5.79. The van der Waals surface area contributed by atoms with Gasteiger partial charge in [-0.15, -0.1) is 4.36 Å². The maximum absolute atomic E-state index is 12.9. The molecule has 1 aromatic rings. The molecule has 0 heterocycles. The number of hydrogen-bond donors (Lipinski definition) is 1. The van der Waals surface area contributed by atoms with E-state index < -0.39 is 16.4 Å². The number of carbonyl (C=O) groups excluding carboxylic acids is 1. The molecule has 9 heteroatoms. The molecule has 0 radical (unpaired) electrons. The van der Waals surface area contributed by atoms with Gasteiger partial charge in [-0.25, -0.2) is 0 Å². The summed E-state index contributed by atoms with van der Waals surface area (Å²) in [6.45, 7) is 4.31. The van der Waals surface area contributed by atoms with Gasteiger partial charge in [0.1, 0.15) is 11.4 Å². The van der Waals surface area contributed by atoms with E-state index >= 15 is 0 Å². The second-order valence-electron chi connectivity index (χ2n) is 5.36. The minimum atomic E-state index is -2.61. The van der Waals surface area contributed by atoms with E-state index in [1.807, 2.05) is 6.92 Å². The number of rotatable bonds is 7. The molecule has 1 N–H and O–H groups in total. The molecule has 1 unspecified atom stereocenters. The van der Waals surface area contributed by atoms with Crippen molar-refractivity contribution in [2.24, 2.45) is 4.36 Å². The Morgan fingerprint density at radius 3 is 2.64 bits per heavy atom. The van der Waals surface area contributed by atoms with Gasteiger partial charge in [0.2, 0.25) is 5.91 Å². The summed E-state index contributed by atoms with van der Waals surface area (Å²) in [4.78, 5) is 14.4. The van der Waals surface area contributed by atoms with Crippen LogP contribution in [-0.2, 0) is 15.3 Å². The standard InChI is InChI=1S/C16H23N3O4S2/c1-5-6-9-19(16(24)17-3)15(20)11(2)12-7-8-14(23-4)13(10-12)18-25(21)22/h7-8,10-11H,5-6,9H2,1-4H3,(H,17,24). The van der Waals surface area contributed by atoms with E-state index in [2.05, 4.69) is 9.68 Å². The molecule has 0 aromatic heterocycles. The number of ether oxygens (including phenoxy) is 1. The Morgan fingerprint density at radius 2 is 2.12 bits per heavy atom. The summed E-state index contributed by atoms with van der Waals surface area (Å²) in [5.74, 6) is -0.351. The third-order valence-electron chi connectivity index (χ3n) is 3.71. The fourth-order valence-electron chi connectivity index (χ4n) is 2.27. The lowest BCUT2D eigenvalue weighted by atomic mass is 9.98. The van der Waals surface area contributed by atoms with Crippen LogP contribution >= 0.6 is 12.2 Å². The van der Waals surface area contributed by atoms with Crippen molar-refractivity contribution in [1.29, 1.82) is 0 Å². The van der Waals surface area contributed by atoms with Crippen LogP contribution in [0.5, 0.6) is 5.75 Å². The molecule has 7 nitrogen and oxygen atoms in total. The Bertz CT molecular complexity index is 755. The van der Waals surface area contributed by atoms with Gasteiger partial charge in [-0.1, -0.05) is 19.4 Å². The van der Waals surface area contributed by atoms with E-state index in [1.165, 1.54) is 18.1 Å². The monoisotopic (exact) mass is 385 g/mol. The number of benzene rings is 1. The van der Waals surface area contributed by atoms with E-state index in [1.54, 1.807) is 26.1 Å². The number of carbonyl (C=O) groups is 1. The van der Waals surface area contributed by atoms with Crippen LogP contribution in [0.2, 0.25) is 0 Å². The summed E-state index contributed by atoms with van der Waals surface area (Å²) < 4.78 is 30.4. The summed E-state index contributed by atoms with van der Waals surface area (Å²) in [7, 11) is 0.485. The zero-order valence-electron chi connectivity index (χ0n) is 14.8. The van der Waals surface area contributed by atoms with Crippen molar-refractivity contribution in [3.63, 3.8) is 0 Å².